The van der Waals surface area contributed by atoms with Gasteiger partial charge < -0.3 is 10.4 Å². The summed E-state index contributed by atoms with van der Waals surface area (Å²) >= 11 is 6.01. The molecule has 1 aliphatic carbocycles. The van der Waals surface area contributed by atoms with Crippen molar-refractivity contribution < 1.29 is 9.90 Å². The highest BCUT2D eigenvalue weighted by molar-refractivity contribution is 6.30. The molecule has 1 aliphatic rings. The van der Waals surface area contributed by atoms with Gasteiger partial charge in [-0.1, -0.05) is 36.6 Å². The van der Waals surface area contributed by atoms with Crippen LogP contribution < -0.4 is 5.32 Å². The Balaban J connectivity index is 2.51. The van der Waals surface area contributed by atoms with E-state index in [9.17, 15) is 9.90 Å². The first-order valence-corrected chi connectivity index (χ1v) is 6.65. The zero-order chi connectivity index (χ0) is 13.2. The smallest absolute Gasteiger partial charge is 0.233 e. The highest BCUT2D eigenvalue weighted by Gasteiger charge is 2.47. The molecular formula is C14H18ClNO2. The first-order chi connectivity index (χ1) is 8.61. The molecule has 3 nitrogen and oxygen atoms in total. The summed E-state index contributed by atoms with van der Waals surface area (Å²) in [6.45, 7) is 0. The fourth-order valence-electron chi connectivity index (χ4n) is 2.88. The van der Waals surface area contributed by atoms with Gasteiger partial charge in [-0.15, -0.1) is 0 Å². The zero-order valence-corrected chi connectivity index (χ0v) is 11.2. The summed E-state index contributed by atoms with van der Waals surface area (Å²) in [5.74, 6) is -0.128. The fourth-order valence-corrected chi connectivity index (χ4v) is 3.07. The first kappa shape index (κ1) is 13.4. The van der Waals surface area contributed by atoms with E-state index in [2.05, 4.69) is 5.32 Å². The molecule has 1 aromatic carbocycles. The molecule has 0 heterocycles. The summed E-state index contributed by atoms with van der Waals surface area (Å²) < 4.78 is 0. The molecule has 1 amide bonds. The normalized spacial score (nSPS) is 27.8. The van der Waals surface area contributed by atoms with Gasteiger partial charge in [0.05, 0.1) is 11.5 Å². The number of amides is 1. The summed E-state index contributed by atoms with van der Waals surface area (Å²) in [7, 11) is 1.61. The molecule has 2 N–H and O–H groups in total. The molecule has 0 bridgehead atoms. The van der Waals surface area contributed by atoms with Crippen LogP contribution in [0.25, 0.3) is 0 Å². The third-order valence-corrected chi connectivity index (χ3v) is 4.07. The standard InChI is InChI=1S/C14H18ClNO2/c1-16-13(18)14(8-3-2-7-12(14)17)10-5-4-6-11(15)9-10/h4-6,9,12,17H,2-3,7-8H2,1H3,(H,16,18)/t12-,14+/m0/s1. The van der Waals surface area contributed by atoms with Crippen molar-refractivity contribution in [2.45, 2.75) is 37.2 Å². The highest BCUT2D eigenvalue weighted by atomic mass is 35.5. The van der Waals surface area contributed by atoms with Gasteiger partial charge in [0.25, 0.3) is 0 Å². The number of benzene rings is 1. The second-order valence-electron chi connectivity index (χ2n) is 4.82. The van der Waals surface area contributed by atoms with Gasteiger partial charge in [0.2, 0.25) is 5.91 Å². The Morgan fingerprint density at radius 3 is 2.89 bits per heavy atom. The number of likely N-dealkylation sites (N-methyl/N-ethyl adjacent to an activating group) is 1. The molecule has 0 aromatic heterocycles. The Hall–Kier alpha value is -1.06. The molecule has 1 fully saturated rings. The van der Waals surface area contributed by atoms with Gasteiger partial charge in [0, 0.05) is 12.1 Å². The van der Waals surface area contributed by atoms with E-state index in [1.807, 2.05) is 12.1 Å². The van der Waals surface area contributed by atoms with Crippen LogP contribution in [0.5, 0.6) is 0 Å². The van der Waals surface area contributed by atoms with Crippen molar-refractivity contribution in [1.82, 2.24) is 5.32 Å². The molecule has 0 saturated heterocycles. The van der Waals surface area contributed by atoms with Crippen LogP contribution in [0.4, 0.5) is 0 Å². The van der Waals surface area contributed by atoms with Crippen molar-refractivity contribution in [2.24, 2.45) is 0 Å². The Labute approximate surface area is 112 Å². The van der Waals surface area contributed by atoms with Crippen LogP contribution in [0.3, 0.4) is 0 Å². The number of aliphatic hydroxyl groups excluding tert-OH is 1. The van der Waals surface area contributed by atoms with Crippen LogP contribution in [0, 0.1) is 0 Å². The van der Waals surface area contributed by atoms with Crippen molar-refractivity contribution >= 4 is 17.5 Å². The molecule has 98 valence electrons. The molecule has 4 heteroatoms. The summed E-state index contributed by atoms with van der Waals surface area (Å²) in [6, 6.07) is 7.25. The van der Waals surface area contributed by atoms with E-state index in [1.54, 1.807) is 19.2 Å². The number of halogens is 1. The van der Waals surface area contributed by atoms with Crippen molar-refractivity contribution in [3.8, 4) is 0 Å². The van der Waals surface area contributed by atoms with E-state index in [4.69, 9.17) is 11.6 Å². The Bertz CT molecular complexity index is 449. The van der Waals surface area contributed by atoms with E-state index < -0.39 is 11.5 Å². The van der Waals surface area contributed by atoms with Crippen molar-refractivity contribution in [3.05, 3.63) is 34.9 Å². The minimum Gasteiger partial charge on any atom is -0.392 e. The van der Waals surface area contributed by atoms with Crippen LogP contribution in [-0.4, -0.2) is 24.2 Å². The summed E-state index contributed by atoms with van der Waals surface area (Å²) in [5, 5.41) is 13.6. The minimum atomic E-state index is -0.849. The average Bonchev–Trinajstić information content (AvgIpc) is 2.38. The maximum absolute atomic E-state index is 12.3. The van der Waals surface area contributed by atoms with Gasteiger partial charge in [-0.25, -0.2) is 0 Å². The lowest BCUT2D eigenvalue weighted by molar-refractivity contribution is -0.132. The SMILES string of the molecule is CNC(=O)[C@@]1(c2cccc(Cl)c2)CCCC[C@@H]1O. The monoisotopic (exact) mass is 267 g/mol. The molecule has 2 rings (SSSR count). The van der Waals surface area contributed by atoms with Gasteiger partial charge in [-0.05, 0) is 30.5 Å². The maximum Gasteiger partial charge on any atom is 0.233 e. The number of rotatable bonds is 2. The van der Waals surface area contributed by atoms with Crippen LogP contribution in [0.1, 0.15) is 31.2 Å². The van der Waals surface area contributed by atoms with E-state index in [-0.39, 0.29) is 5.91 Å². The van der Waals surface area contributed by atoms with E-state index >= 15 is 0 Å². The van der Waals surface area contributed by atoms with Gasteiger partial charge in [0.15, 0.2) is 0 Å². The number of aliphatic hydroxyl groups is 1. The van der Waals surface area contributed by atoms with Gasteiger partial charge in [-0.3, -0.25) is 4.79 Å². The van der Waals surface area contributed by atoms with E-state index in [0.29, 0.717) is 17.9 Å². The van der Waals surface area contributed by atoms with Crippen molar-refractivity contribution in [3.63, 3.8) is 0 Å². The number of nitrogens with one attached hydrogen (secondary N) is 1. The lowest BCUT2D eigenvalue weighted by Crippen LogP contribution is -2.53. The predicted molar refractivity (Wildman–Crippen MR) is 71.7 cm³/mol. The molecule has 1 saturated carbocycles. The average molecular weight is 268 g/mol. The molecule has 2 atom stereocenters. The topological polar surface area (TPSA) is 49.3 Å². The second-order valence-corrected chi connectivity index (χ2v) is 5.26. The Morgan fingerprint density at radius 2 is 2.28 bits per heavy atom. The molecule has 0 unspecified atom stereocenters. The summed E-state index contributed by atoms with van der Waals surface area (Å²) in [6.07, 6.45) is 2.57. The van der Waals surface area contributed by atoms with Crippen molar-refractivity contribution in [1.29, 1.82) is 0 Å². The first-order valence-electron chi connectivity index (χ1n) is 6.27. The number of hydrogen-bond acceptors (Lipinski definition) is 2. The molecule has 0 spiro atoms. The van der Waals surface area contributed by atoms with Gasteiger partial charge in [0.1, 0.15) is 0 Å². The second kappa shape index (κ2) is 5.29. The molecular weight excluding hydrogens is 250 g/mol. The summed E-state index contributed by atoms with van der Waals surface area (Å²) in [5.41, 5.74) is -0.0423. The quantitative estimate of drug-likeness (QED) is 0.864. The Morgan fingerprint density at radius 1 is 1.50 bits per heavy atom. The van der Waals surface area contributed by atoms with Crippen molar-refractivity contribution in [2.75, 3.05) is 7.05 Å². The van der Waals surface area contributed by atoms with Gasteiger partial charge >= 0.3 is 0 Å². The maximum atomic E-state index is 12.3. The van der Waals surface area contributed by atoms with Gasteiger partial charge in [-0.2, -0.15) is 0 Å². The third-order valence-electron chi connectivity index (χ3n) is 3.84. The van der Waals surface area contributed by atoms with Crippen LogP contribution in [-0.2, 0) is 10.2 Å². The van der Waals surface area contributed by atoms with Crippen LogP contribution in [0.2, 0.25) is 5.02 Å². The third kappa shape index (κ3) is 2.13. The minimum absolute atomic E-state index is 0.128. The van der Waals surface area contributed by atoms with E-state index in [0.717, 1.165) is 18.4 Å². The van der Waals surface area contributed by atoms with Crippen LogP contribution in [0.15, 0.2) is 24.3 Å². The predicted octanol–water partition coefficient (Wildman–Crippen LogP) is 2.26. The van der Waals surface area contributed by atoms with E-state index in [1.165, 1.54) is 0 Å². The lowest BCUT2D eigenvalue weighted by Gasteiger charge is -2.40. The fraction of sp³-hybridized carbons (Fsp3) is 0.500. The largest absolute Gasteiger partial charge is 0.392 e. The Kier molecular flexibility index (Phi) is 3.93. The number of carbonyl (C=O) groups excluding carboxylic acids is 1. The molecule has 18 heavy (non-hydrogen) atoms. The molecule has 1 aromatic rings. The zero-order valence-electron chi connectivity index (χ0n) is 10.4. The molecule has 0 aliphatic heterocycles. The summed E-state index contributed by atoms with van der Waals surface area (Å²) in [4.78, 5) is 12.3. The number of hydrogen-bond donors (Lipinski definition) is 2. The molecule has 0 radical (unpaired) electrons. The lowest BCUT2D eigenvalue weighted by atomic mass is 9.66. The number of carbonyl (C=O) groups is 1. The van der Waals surface area contributed by atoms with Crippen LogP contribution >= 0.6 is 11.6 Å². The highest BCUT2D eigenvalue weighted by Crippen LogP contribution is 2.40.